The lowest BCUT2D eigenvalue weighted by atomic mass is 10.00. The Morgan fingerprint density at radius 2 is 1.92 bits per heavy atom. The Hall–Kier alpha value is -1.55. The van der Waals surface area contributed by atoms with Gasteiger partial charge in [-0.3, -0.25) is 9.69 Å². The van der Waals surface area contributed by atoms with Crippen LogP contribution in [-0.4, -0.2) is 61.0 Å². The number of carbonyl (C=O) groups excluding carboxylic acids is 1. The van der Waals surface area contributed by atoms with Crippen LogP contribution in [0.1, 0.15) is 44.6 Å². The minimum atomic E-state index is 0.337. The van der Waals surface area contributed by atoms with Gasteiger partial charge >= 0.3 is 0 Å². The van der Waals surface area contributed by atoms with Crippen LogP contribution >= 0.6 is 0 Å². The van der Waals surface area contributed by atoms with Crippen molar-refractivity contribution in [2.24, 2.45) is 0 Å². The lowest BCUT2D eigenvalue weighted by Crippen LogP contribution is -2.49. The molecule has 2 heterocycles. The molecule has 2 fully saturated rings. The summed E-state index contributed by atoms with van der Waals surface area (Å²) in [4.78, 5) is 19.6. The molecular weight excluding hydrogens is 310 g/mol. The Morgan fingerprint density at radius 1 is 1.12 bits per heavy atom. The summed E-state index contributed by atoms with van der Waals surface area (Å²) in [6.45, 7) is 10.1. The first-order chi connectivity index (χ1) is 12.2. The number of piperidine rings is 1. The highest BCUT2D eigenvalue weighted by molar-refractivity contribution is 5.76. The average Bonchev–Trinajstić information content (AvgIpc) is 2.66. The molecule has 0 bridgehead atoms. The number of piperazine rings is 1. The Labute approximate surface area is 152 Å². The van der Waals surface area contributed by atoms with Crippen LogP contribution in [0.4, 0.5) is 5.69 Å². The van der Waals surface area contributed by atoms with Gasteiger partial charge in [0.05, 0.1) is 0 Å². The Bertz CT molecular complexity index is 566. The van der Waals surface area contributed by atoms with Gasteiger partial charge in [-0.1, -0.05) is 25.5 Å². The summed E-state index contributed by atoms with van der Waals surface area (Å²) in [6.07, 6.45) is 5.84. The zero-order valence-electron chi connectivity index (χ0n) is 15.9. The second-order valence-corrected chi connectivity index (χ2v) is 7.55. The minimum absolute atomic E-state index is 0.337. The second-order valence-electron chi connectivity index (χ2n) is 7.55. The SMILES string of the molecule is CCC1CCCCN1CCC(=O)N1CCN(c2cccc(C)c2)CC1. The maximum Gasteiger partial charge on any atom is 0.223 e. The van der Waals surface area contributed by atoms with Crippen LogP contribution in [0.2, 0.25) is 0 Å². The van der Waals surface area contributed by atoms with Crippen LogP contribution in [0, 0.1) is 6.92 Å². The second kappa shape index (κ2) is 8.70. The van der Waals surface area contributed by atoms with Crippen molar-refractivity contribution in [3.05, 3.63) is 29.8 Å². The van der Waals surface area contributed by atoms with Gasteiger partial charge in [-0.2, -0.15) is 0 Å². The lowest BCUT2D eigenvalue weighted by molar-refractivity contribution is -0.132. The zero-order chi connectivity index (χ0) is 17.6. The van der Waals surface area contributed by atoms with Crippen molar-refractivity contribution in [2.75, 3.05) is 44.2 Å². The van der Waals surface area contributed by atoms with Crippen LogP contribution < -0.4 is 4.90 Å². The van der Waals surface area contributed by atoms with Crippen LogP contribution in [0.5, 0.6) is 0 Å². The Balaban J connectivity index is 1.45. The monoisotopic (exact) mass is 343 g/mol. The van der Waals surface area contributed by atoms with Gasteiger partial charge in [0.15, 0.2) is 0 Å². The first-order valence-electron chi connectivity index (χ1n) is 10.0. The van der Waals surface area contributed by atoms with Crippen molar-refractivity contribution in [3.63, 3.8) is 0 Å². The van der Waals surface area contributed by atoms with Gasteiger partial charge in [-0.15, -0.1) is 0 Å². The molecule has 1 atom stereocenters. The van der Waals surface area contributed by atoms with E-state index < -0.39 is 0 Å². The topological polar surface area (TPSA) is 26.8 Å². The molecule has 1 unspecified atom stereocenters. The third kappa shape index (κ3) is 4.75. The molecule has 25 heavy (non-hydrogen) atoms. The van der Waals surface area contributed by atoms with E-state index in [0.29, 0.717) is 18.4 Å². The van der Waals surface area contributed by atoms with Crippen LogP contribution in [0.25, 0.3) is 0 Å². The highest BCUT2D eigenvalue weighted by atomic mass is 16.2. The van der Waals surface area contributed by atoms with Gasteiger partial charge in [-0.05, 0) is 50.4 Å². The number of likely N-dealkylation sites (tertiary alicyclic amines) is 1. The van der Waals surface area contributed by atoms with Crippen molar-refractivity contribution in [2.45, 2.75) is 52.0 Å². The fraction of sp³-hybridized carbons (Fsp3) is 0.667. The number of nitrogens with zero attached hydrogens (tertiary/aromatic N) is 3. The fourth-order valence-corrected chi connectivity index (χ4v) is 4.25. The van der Waals surface area contributed by atoms with E-state index in [0.717, 1.165) is 32.7 Å². The third-order valence-corrected chi connectivity index (χ3v) is 5.83. The standard InChI is InChI=1S/C21H33N3O/c1-3-19-8-4-5-11-22(19)12-10-21(25)24-15-13-23(14-16-24)20-9-6-7-18(2)17-20/h6-7,9,17,19H,3-5,8,10-16H2,1-2H3. The molecule has 0 aliphatic carbocycles. The lowest BCUT2D eigenvalue weighted by Gasteiger charge is -2.38. The fourth-order valence-electron chi connectivity index (χ4n) is 4.25. The Kier molecular flexibility index (Phi) is 6.35. The molecule has 0 aromatic heterocycles. The molecule has 3 rings (SSSR count). The van der Waals surface area contributed by atoms with Gasteiger partial charge in [0.2, 0.25) is 5.91 Å². The molecule has 2 aliphatic rings. The van der Waals surface area contributed by atoms with Gasteiger partial charge < -0.3 is 9.80 Å². The molecule has 1 amide bonds. The summed E-state index contributed by atoms with van der Waals surface area (Å²) in [7, 11) is 0. The Morgan fingerprint density at radius 3 is 2.64 bits per heavy atom. The number of aryl methyl sites for hydroxylation is 1. The third-order valence-electron chi connectivity index (χ3n) is 5.83. The first-order valence-corrected chi connectivity index (χ1v) is 10.0. The molecule has 0 N–H and O–H groups in total. The quantitative estimate of drug-likeness (QED) is 0.821. The summed E-state index contributed by atoms with van der Waals surface area (Å²) in [6, 6.07) is 9.35. The van der Waals surface area contributed by atoms with E-state index >= 15 is 0 Å². The number of hydrogen-bond donors (Lipinski definition) is 0. The highest BCUT2D eigenvalue weighted by Gasteiger charge is 2.24. The summed E-state index contributed by atoms with van der Waals surface area (Å²) in [5.74, 6) is 0.337. The highest BCUT2D eigenvalue weighted by Crippen LogP contribution is 2.20. The van der Waals surface area contributed by atoms with Gasteiger partial charge in [0.25, 0.3) is 0 Å². The van der Waals surface area contributed by atoms with Gasteiger partial charge in [-0.25, -0.2) is 0 Å². The molecule has 0 spiro atoms. The van der Waals surface area contributed by atoms with E-state index in [-0.39, 0.29) is 0 Å². The molecule has 2 aliphatic heterocycles. The van der Waals surface area contributed by atoms with Crippen molar-refractivity contribution in [1.29, 1.82) is 0 Å². The number of benzene rings is 1. The van der Waals surface area contributed by atoms with Crippen molar-refractivity contribution >= 4 is 11.6 Å². The van der Waals surface area contributed by atoms with E-state index in [4.69, 9.17) is 0 Å². The maximum absolute atomic E-state index is 12.6. The molecule has 4 nitrogen and oxygen atoms in total. The van der Waals surface area contributed by atoms with Crippen LogP contribution in [-0.2, 0) is 4.79 Å². The van der Waals surface area contributed by atoms with Crippen molar-refractivity contribution in [1.82, 2.24) is 9.80 Å². The summed E-state index contributed by atoms with van der Waals surface area (Å²) >= 11 is 0. The van der Waals surface area contributed by atoms with Gasteiger partial charge in [0, 0.05) is 50.9 Å². The summed E-state index contributed by atoms with van der Waals surface area (Å²) in [5, 5.41) is 0. The van der Waals surface area contributed by atoms with Crippen molar-refractivity contribution < 1.29 is 4.79 Å². The predicted molar refractivity (Wildman–Crippen MR) is 104 cm³/mol. The molecule has 138 valence electrons. The molecule has 4 heteroatoms. The predicted octanol–water partition coefficient (Wildman–Crippen LogP) is 3.30. The zero-order valence-corrected chi connectivity index (χ0v) is 15.9. The van der Waals surface area contributed by atoms with E-state index in [1.165, 1.54) is 43.5 Å². The molecule has 1 aromatic carbocycles. The molecular formula is C21H33N3O. The average molecular weight is 344 g/mol. The smallest absolute Gasteiger partial charge is 0.223 e. The van der Waals surface area contributed by atoms with Crippen molar-refractivity contribution in [3.8, 4) is 0 Å². The normalized spacial score (nSPS) is 22.2. The molecule has 1 aromatic rings. The summed E-state index contributed by atoms with van der Waals surface area (Å²) in [5.41, 5.74) is 2.58. The van der Waals surface area contributed by atoms with E-state index in [1.807, 2.05) is 0 Å². The maximum atomic E-state index is 12.6. The molecule has 0 saturated carbocycles. The molecule has 2 saturated heterocycles. The van der Waals surface area contributed by atoms with E-state index in [9.17, 15) is 4.79 Å². The van der Waals surface area contributed by atoms with Crippen LogP contribution in [0.15, 0.2) is 24.3 Å². The van der Waals surface area contributed by atoms with E-state index in [2.05, 4.69) is 52.8 Å². The number of rotatable bonds is 5. The minimum Gasteiger partial charge on any atom is -0.368 e. The van der Waals surface area contributed by atoms with Gasteiger partial charge in [0.1, 0.15) is 0 Å². The first kappa shape index (κ1) is 18.2. The van der Waals surface area contributed by atoms with Crippen LogP contribution in [0.3, 0.4) is 0 Å². The van der Waals surface area contributed by atoms with E-state index in [1.54, 1.807) is 0 Å². The number of anilines is 1. The molecule has 0 radical (unpaired) electrons. The number of amides is 1. The largest absolute Gasteiger partial charge is 0.368 e. The summed E-state index contributed by atoms with van der Waals surface area (Å²) < 4.78 is 0. The number of hydrogen-bond acceptors (Lipinski definition) is 3. The number of carbonyl (C=O) groups is 1.